The molecule has 0 radical (unpaired) electrons. The van der Waals surface area contributed by atoms with Gasteiger partial charge < -0.3 is 31.1 Å². The molecule has 0 saturated carbocycles. The second kappa shape index (κ2) is 12.7. The highest BCUT2D eigenvalue weighted by Crippen LogP contribution is 2.42. The van der Waals surface area contributed by atoms with Crippen LogP contribution >= 0.6 is 0 Å². The largest absolute Gasteiger partial charge is 0.508 e. The summed E-state index contributed by atoms with van der Waals surface area (Å²) in [4.78, 5) is 10.6. The molecule has 5 aliphatic heterocycles. The van der Waals surface area contributed by atoms with E-state index in [-0.39, 0.29) is 35.1 Å². The van der Waals surface area contributed by atoms with Crippen LogP contribution in [0.5, 0.6) is 23.0 Å². The summed E-state index contributed by atoms with van der Waals surface area (Å²) in [5.74, 6) is 0.690. The Hall–Kier alpha value is -6.38. The van der Waals surface area contributed by atoms with Crippen LogP contribution in [0.15, 0.2) is 154 Å². The zero-order valence-electron chi connectivity index (χ0n) is 28.2. The minimum atomic E-state index is -0.111. The van der Waals surface area contributed by atoms with E-state index in [9.17, 15) is 20.4 Å². The van der Waals surface area contributed by atoms with Gasteiger partial charge in [0, 0.05) is 45.8 Å². The molecule has 4 aromatic rings. The molecule has 2 fully saturated rings. The second-order valence-corrected chi connectivity index (χ2v) is 13.6. The second-order valence-electron chi connectivity index (χ2n) is 13.6. The van der Waals surface area contributed by atoms with Gasteiger partial charge in [-0.05, 0) is 121 Å². The van der Waals surface area contributed by atoms with E-state index in [0.29, 0.717) is 12.8 Å². The third-order valence-electron chi connectivity index (χ3n) is 10.3. The van der Waals surface area contributed by atoms with E-state index in [2.05, 4.69) is 10.6 Å². The summed E-state index contributed by atoms with van der Waals surface area (Å²) in [6.45, 7) is 0. The lowest BCUT2D eigenvalue weighted by Gasteiger charge is -2.22. The Morgan fingerprint density at radius 1 is 0.481 bits per heavy atom. The van der Waals surface area contributed by atoms with Gasteiger partial charge in [-0.2, -0.15) is 0 Å². The van der Waals surface area contributed by atoms with Crippen LogP contribution in [-0.4, -0.2) is 43.9 Å². The molecule has 0 aliphatic carbocycles. The fraction of sp³-hybridized carbons (Fsp3) is 0.136. The molecule has 8 heteroatoms. The SMILES string of the molecule is Oc1cccc(/C2=C3\CC/C(=C(\c4cccc(O)c4)C4=N/C(=C(/c5cccc(O)c5)C5CCC(N5)/C(c5cccc(O)c5)=C5/C=CC2=N5)C=C4)N3)c1. The molecule has 5 aliphatic rings. The van der Waals surface area contributed by atoms with Crippen LogP contribution in [0.4, 0.5) is 0 Å². The number of aromatic hydroxyl groups is 4. The van der Waals surface area contributed by atoms with Gasteiger partial charge in [0.1, 0.15) is 23.0 Å². The summed E-state index contributed by atoms with van der Waals surface area (Å²) in [6.07, 6.45) is 11.1. The molecule has 2 saturated heterocycles. The fourth-order valence-corrected chi connectivity index (χ4v) is 8.11. The molecule has 0 aromatic heterocycles. The molecule has 6 N–H and O–H groups in total. The maximum absolute atomic E-state index is 10.6. The van der Waals surface area contributed by atoms with E-state index in [1.165, 1.54) is 0 Å². The summed E-state index contributed by atoms with van der Waals surface area (Å²) >= 11 is 0. The minimum absolute atomic E-state index is 0.111. The summed E-state index contributed by atoms with van der Waals surface area (Å²) in [7, 11) is 0. The van der Waals surface area contributed by atoms with Crippen LogP contribution < -0.4 is 10.6 Å². The first-order valence-electron chi connectivity index (χ1n) is 17.6. The number of rotatable bonds is 4. The topological polar surface area (TPSA) is 130 Å². The van der Waals surface area contributed by atoms with Gasteiger partial charge >= 0.3 is 0 Å². The van der Waals surface area contributed by atoms with Crippen LogP contribution in [0.2, 0.25) is 0 Å². The van der Waals surface area contributed by atoms with E-state index in [4.69, 9.17) is 9.98 Å². The summed E-state index contributed by atoms with van der Waals surface area (Å²) in [5.41, 5.74) is 12.2. The number of benzene rings is 4. The Labute approximate surface area is 301 Å². The lowest BCUT2D eigenvalue weighted by molar-refractivity contribution is 0.474. The van der Waals surface area contributed by atoms with Gasteiger partial charge in [-0.3, -0.25) is 0 Å². The highest BCUT2D eigenvalue weighted by Gasteiger charge is 2.35. The normalized spacial score (nSPS) is 26.5. The predicted octanol–water partition coefficient (Wildman–Crippen LogP) is 7.99. The third-order valence-corrected chi connectivity index (χ3v) is 10.3. The maximum Gasteiger partial charge on any atom is 0.116 e. The quantitative estimate of drug-likeness (QED) is 0.129. The molecule has 4 aromatic carbocycles. The molecular weight excluding hydrogens is 649 g/mol. The number of nitrogens with one attached hydrogen (secondary N) is 2. The van der Waals surface area contributed by atoms with Crippen molar-refractivity contribution in [1.29, 1.82) is 0 Å². The number of allylic oxidation sites excluding steroid dienone is 8. The fourth-order valence-electron chi connectivity index (χ4n) is 8.11. The zero-order valence-corrected chi connectivity index (χ0v) is 28.2. The number of nitrogens with zero attached hydrogens (tertiary/aromatic N) is 2. The average molecular weight is 685 g/mol. The van der Waals surface area contributed by atoms with Crippen molar-refractivity contribution >= 4 is 33.7 Å². The van der Waals surface area contributed by atoms with E-state index in [0.717, 1.165) is 91.6 Å². The number of hydrogen-bond donors (Lipinski definition) is 6. The maximum atomic E-state index is 10.6. The molecule has 0 spiro atoms. The van der Waals surface area contributed by atoms with Gasteiger partial charge in [-0.1, -0.05) is 48.5 Å². The van der Waals surface area contributed by atoms with Crippen LogP contribution in [0, 0.1) is 0 Å². The Kier molecular flexibility index (Phi) is 7.74. The van der Waals surface area contributed by atoms with Gasteiger partial charge in [0.2, 0.25) is 0 Å². The molecular formula is C44H36N4O4. The molecule has 2 unspecified atom stereocenters. The summed E-state index contributed by atoms with van der Waals surface area (Å²) in [6, 6.07) is 28.9. The Morgan fingerprint density at radius 3 is 1.27 bits per heavy atom. The number of phenolic OH excluding ortho intramolecular Hbond substituents is 4. The first-order chi connectivity index (χ1) is 25.4. The summed E-state index contributed by atoms with van der Waals surface area (Å²) in [5, 5.41) is 50.1. The van der Waals surface area contributed by atoms with Crippen LogP contribution in [0.25, 0.3) is 22.3 Å². The minimum Gasteiger partial charge on any atom is -0.508 e. The molecule has 256 valence electrons. The first kappa shape index (κ1) is 31.6. The Balaban J connectivity index is 1.33. The molecule has 52 heavy (non-hydrogen) atoms. The van der Waals surface area contributed by atoms with Crippen molar-refractivity contribution in [2.75, 3.05) is 0 Å². The van der Waals surface area contributed by atoms with E-state index >= 15 is 0 Å². The van der Waals surface area contributed by atoms with E-state index in [1.54, 1.807) is 48.5 Å². The number of phenols is 4. The molecule has 9 rings (SSSR count). The van der Waals surface area contributed by atoms with Gasteiger partial charge in [0.05, 0.1) is 22.8 Å². The van der Waals surface area contributed by atoms with Crippen molar-refractivity contribution in [2.45, 2.75) is 37.8 Å². The molecule has 8 nitrogen and oxygen atoms in total. The van der Waals surface area contributed by atoms with Crippen LogP contribution in [-0.2, 0) is 0 Å². The molecule has 5 heterocycles. The predicted molar refractivity (Wildman–Crippen MR) is 206 cm³/mol. The van der Waals surface area contributed by atoms with Gasteiger partial charge in [0.25, 0.3) is 0 Å². The third kappa shape index (κ3) is 5.73. The average Bonchev–Trinajstić information content (AvgIpc) is 3.96. The number of aliphatic imine (C=N–C) groups is 2. The van der Waals surface area contributed by atoms with Crippen molar-refractivity contribution in [3.63, 3.8) is 0 Å². The monoisotopic (exact) mass is 684 g/mol. The first-order valence-corrected chi connectivity index (χ1v) is 17.6. The summed E-state index contributed by atoms with van der Waals surface area (Å²) < 4.78 is 0. The highest BCUT2D eigenvalue weighted by molar-refractivity contribution is 6.33. The van der Waals surface area contributed by atoms with Crippen molar-refractivity contribution < 1.29 is 20.4 Å². The molecule has 2 atom stereocenters. The van der Waals surface area contributed by atoms with Crippen molar-refractivity contribution in [2.24, 2.45) is 9.98 Å². The number of hydrogen-bond acceptors (Lipinski definition) is 8. The van der Waals surface area contributed by atoms with E-state index < -0.39 is 0 Å². The smallest absolute Gasteiger partial charge is 0.116 e. The highest BCUT2D eigenvalue weighted by atomic mass is 16.3. The molecule has 8 bridgehead atoms. The van der Waals surface area contributed by atoms with Gasteiger partial charge in [-0.25, -0.2) is 9.98 Å². The lowest BCUT2D eigenvalue weighted by atomic mass is 9.94. The standard InChI is InChI=1S/C44H36N4O4/c49-29-9-1-5-25(21-29)41-33-13-15-35(45-33)42(26-6-2-10-30(50)22-26)37-17-19-39(47-37)44(28-8-4-12-32(52)24-28)40-20-18-38(48-40)43(36-16-14-34(41)46-36)27-7-3-11-31(51)23-27/h1-13,15,18,20-24,34,36,46-47,49-52H,14,16-17,19H2/b41-33-,42-37-,43-38-,44-39-. The zero-order chi connectivity index (χ0) is 35.3. The van der Waals surface area contributed by atoms with Crippen molar-refractivity contribution in [1.82, 2.24) is 10.6 Å². The van der Waals surface area contributed by atoms with Gasteiger partial charge in [0.15, 0.2) is 0 Å². The Morgan fingerprint density at radius 2 is 0.865 bits per heavy atom. The van der Waals surface area contributed by atoms with Crippen LogP contribution in [0.1, 0.15) is 47.9 Å². The van der Waals surface area contributed by atoms with Crippen molar-refractivity contribution in [3.05, 3.63) is 166 Å². The van der Waals surface area contributed by atoms with Crippen LogP contribution in [0.3, 0.4) is 0 Å². The Bertz CT molecular complexity index is 2260. The number of fused-ring (bicyclic) bond motifs is 6. The lowest BCUT2D eigenvalue weighted by Crippen LogP contribution is -2.32. The molecule has 0 amide bonds. The van der Waals surface area contributed by atoms with Crippen molar-refractivity contribution in [3.8, 4) is 23.0 Å². The van der Waals surface area contributed by atoms with Gasteiger partial charge in [-0.15, -0.1) is 0 Å². The van der Waals surface area contributed by atoms with E-state index in [1.807, 2.05) is 72.8 Å².